The Labute approximate surface area is 181 Å². The summed E-state index contributed by atoms with van der Waals surface area (Å²) < 4.78 is 10.7. The van der Waals surface area contributed by atoms with Gasteiger partial charge in [-0.15, -0.1) is 24.0 Å². The lowest BCUT2D eigenvalue weighted by molar-refractivity contribution is 0.187. The maximum absolute atomic E-state index is 5.45. The average Bonchev–Trinajstić information content (AvgIpc) is 2.66. The summed E-state index contributed by atoms with van der Waals surface area (Å²) in [4.78, 5) is 7.24. The van der Waals surface area contributed by atoms with Crippen LogP contribution in [0.25, 0.3) is 0 Å². The molecule has 0 amide bonds. The summed E-state index contributed by atoms with van der Waals surface area (Å²) in [7, 11) is 3.33. The van der Waals surface area contributed by atoms with Gasteiger partial charge < -0.3 is 25.0 Å². The predicted octanol–water partition coefficient (Wildman–Crippen LogP) is 3.11. The third-order valence-corrected chi connectivity index (χ3v) is 4.71. The Morgan fingerprint density at radius 3 is 2.74 bits per heavy atom. The molecule has 0 aliphatic carbocycles. The van der Waals surface area contributed by atoms with Crippen LogP contribution in [0.2, 0.25) is 0 Å². The normalized spacial score (nSPS) is 17.8. The Balaban J connectivity index is 0.00000364. The fraction of sp³-hybridized carbons (Fsp3) is 0.650. The van der Waals surface area contributed by atoms with Crippen molar-refractivity contribution in [3.8, 4) is 11.5 Å². The molecule has 6 nitrogen and oxygen atoms in total. The van der Waals surface area contributed by atoms with Gasteiger partial charge in [-0.25, -0.2) is 4.99 Å². The number of ether oxygens (including phenoxy) is 2. The summed E-state index contributed by atoms with van der Waals surface area (Å²) in [5.74, 6) is 3.24. The zero-order valence-corrected chi connectivity index (χ0v) is 19.4. The van der Waals surface area contributed by atoms with Crippen molar-refractivity contribution in [2.75, 3.05) is 46.9 Å². The number of hydrogen-bond acceptors (Lipinski definition) is 4. The van der Waals surface area contributed by atoms with Crippen molar-refractivity contribution in [1.82, 2.24) is 15.5 Å². The smallest absolute Gasteiger partial charge is 0.191 e. The summed E-state index contributed by atoms with van der Waals surface area (Å²) in [5, 5.41) is 6.76. The van der Waals surface area contributed by atoms with Gasteiger partial charge in [0.05, 0.1) is 20.8 Å². The molecule has 1 heterocycles. The number of halogens is 1. The molecule has 1 aromatic rings. The molecule has 0 saturated carbocycles. The highest BCUT2D eigenvalue weighted by atomic mass is 127. The molecule has 2 N–H and O–H groups in total. The molecule has 0 radical (unpaired) electrons. The number of rotatable bonds is 8. The van der Waals surface area contributed by atoms with Crippen molar-refractivity contribution < 1.29 is 9.47 Å². The van der Waals surface area contributed by atoms with E-state index < -0.39 is 0 Å². The second-order valence-electron chi connectivity index (χ2n) is 6.85. The van der Waals surface area contributed by atoms with Crippen LogP contribution in [0.15, 0.2) is 23.2 Å². The number of likely N-dealkylation sites (tertiary alicyclic amines) is 1. The number of benzene rings is 1. The molecule has 27 heavy (non-hydrogen) atoms. The van der Waals surface area contributed by atoms with E-state index in [0.29, 0.717) is 6.54 Å². The molecule has 1 aliphatic heterocycles. The van der Waals surface area contributed by atoms with Crippen LogP contribution in [0.1, 0.15) is 32.3 Å². The standard InChI is InChI=1S/C20H34N4O2.HI/c1-5-21-20(22-10-12-24-11-6-7-16(2)15-24)23-14-17-8-9-18(25-3)13-19(17)26-4;/h8-9,13,16H,5-7,10-12,14-15H2,1-4H3,(H2,21,22,23);1H. The van der Waals surface area contributed by atoms with Gasteiger partial charge in [0.2, 0.25) is 0 Å². The van der Waals surface area contributed by atoms with Crippen LogP contribution in [0.3, 0.4) is 0 Å². The minimum Gasteiger partial charge on any atom is -0.497 e. The molecule has 1 fully saturated rings. The van der Waals surface area contributed by atoms with E-state index in [-0.39, 0.29) is 24.0 Å². The summed E-state index contributed by atoms with van der Waals surface area (Å²) in [6.45, 7) is 10.2. The lowest BCUT2D eigenvalue weighted by Gasteiger charge is -2.30. The van der Waals surface area contributed by atoms with Crippen molar-refractivity contribution in [3.63, 3.8) is 0 Å². The third-order valence-electron chi connectivity index (χ3n) is 4.71. The Morgan fingerprint density at radius 2 is 2.07 bits per heavy atom. The molecular weight excluding hydrogens is 455 g/mol. The molecule has 1 saturated heterocycles. The number of hydrogen-bond donors (Lipinski definition) is 2. The average molecular weight is 490 g/mol. The number of guanidine groups is 1. The first kappa shape index (κ1) is 23.8. The Morgan fingerprint density at radius 1 is 1.26 bits per heavy atom. The van der Waals surface area contributed by atoms with E-state index in [1.54, 1.807) is 14.2 Å². The van der Waals surface area contributed by atoms with Crippen LogP contribution in [-0.4, -0.2) is 57.8 Å². The zero-order valence-electron chi connectivity index (χ0n) is 17.1. The van der Waals surface area contributed by atoms with E-state index in [4.69, 9.17) is 14.5 Å². The molecule has 154 valence electrons. The predicted molar refractivity (Wildman–Crippen MR) is 123 cm³/mol. The highest BCUT2D eigenvalue weighted by Gasteiger charge is 2.15. The molecular formula is C20H35IN4O2. The van der Waals surface area contributed by atoms with Crippen LogP contribution in [0, 0.1) is 5.92 Å². The monoisotopic (exact) mass is 490 g/mol. The van der Waals surface area contributed by atoms with Gasteiger partial charge >= 0.3 is 0 Å². The highest BCUT2D eigenvalue weighted by Crippen LogP contribution is 2.25. The quantitative estimate of drug-likeness (QED) is 0.333. The molecule has 1 unspecified atom stereocenters. The number of nitrogens with zero attached hydrogens (tertiary/aromatic N) is 2. The van der Waals surface area contributed by atoms with Crippen LogP contribution in [0.5, 0.6) is 11.5 Å². The first-order valence-corrected chi connectivity index (χ1v) is 9.61. The minimum atomic E-state index is 0. The summed E-state index contributed by atoms with van der Waals surface area (Å²) in [6, 6.07) is 5.83. The van der Waals surface area contributed by atoms with Crippen LogP contribution >= 0.6 is 24.0 Å². The van der Waals surface area contributed by atoms with Crippen molar-refractivity contribution >= 4 is 29.9 Å². The fourth-order valence-electron chi connectivity index (χ4n) is 3.31. The molecule has 0 bridgehead atoms. The van der Waals surface area contributed by atoms with Gasteiger partial charge in [-0.1, -0.05) is 6.92 Å². The van der Waals surface area contributed by atoms with Crippen molar-refractivity contribution in [1.29, 1.82) is 0 Å². The van der Waals surface area contributed by atoms with Crippen LogP contribution < -0.4 is 20.1 Å². The zero-order chi connectivity index (χ0) is 18.8. The Bertz CT molecular complexity index is 583. The molecule has 2 rings (SSSR count). The van der Waals surface area contributed by atoms with Gasteiger partial charge in [-0.2, -0.15) is 0 Å². The van der Waals surface area contributed by atoms with Gasteiger partial charge in [0.15, 0.2) is 5.96 Å². The maximum atomic E-state index is 5.45. The van der Waals surface area contributed by atoms with E-state index >= 15 is 0 Å². The molecule has 1 aliphatic rings. The van der Waals surface area contributed by atoms with Gasteiger partial charge in [-0.3, -0.25) is 0 Å². The molecule has 0 spiro atoms. The minimum absolute atomic E-state index is 0. The molecule has 1 atom stereocenters. The maximum Gasteiger partial charge on any atom is 0.191 e. The fourth-order valence-corrected chi connectivity index (χ4v) is 3.31. The second kappa shape index (κ2) is 13.0. The Hall–Kier alpha value is -1.22. The van der Waals surface area contributed by atoms with E-state index in [9.17, 15) is 0 Å². The van der Waals surface area contributed by atoms with E-state index in [0.717, 1.165) is 48.6 Å². The first-order valence-electron chi connectivity index (χ1n) is 9.61. The lowest BCUT2D eigenvalue weighted by atomic mass is 10.0. The van der Waals surface area contributed by atoms with Gasteiger partial charge in [0.25, 0.3) is 0 Å². The van der Waals surface area contributed by atoms with E-state index in [2.05, 4.69) is 29.4 Å². The van der Waals surface area contributed by atoms with Crippen LogP contribution in [-0.2, 0) is 6.54 Å². The van der Waals surface area contributed by atoms with Gasteiger partial charge in [0.1, 0.15) is 11.5 Å². The SMILES string of the molecule is CCNC(=NCc1ccc(OC)cc1OC)NCCN1CCCC(C)C1.I. The van der Waals surface area contributed by atoms with Gasteiger partial charge in [0, 0.05) is 37.8 Å². The third kappa shape index (κ3) is 8.13. The summed E-state index contributed by atoms with van der Waals surface area (Å²) >= 11 is 0. The molecule has 0 aromatic heterocycles. The Kier molecular flexibility index (Phi) is 11.5. The number of methoxy groups -OCH3 is 2. The number of piperidine rings is 1. The molecule has 7 heteroatoms. The number of aliphatic imine (C=N–C) groups is 1. The largest absolute Gasteiger partial charge is 0.497 e. The van der Waals surface area contributed by atoms with Crippen molar-refractivity contribution in [3.05, 3.63) is 23.8 Å². The topological polar surface area (TPSA) is 58.1 Å². The molecule has 1 aromatic carbocycles. The van der Waals surface area contributed by atoms with Crippen molar-refractivity contribution in [2.45, 2.75) is 33.2 Å². The summed E-state index contributed by atoms with van der Waals surface area (Å²) in [6.07, 6.45) is 2.67. The first-order chi connectivity index (χ1) is 12.7. The van der Waals surface area contributed by atoms with Crippen molar-refractivity contribution in [2.24, 2.45) is 10.9 Å². The highest BCUT2D eigenvalue weighted by molar-refractivity contribution is 14.0. The summed E-state index contributed by atoms with van der Waals surface area (Å²) in [5.41, 5.74) is 1.04. The van der Waals surface area contributed by atoms with Gasteiger partial charge in [-0.05, 0) is 44.4 Å². The van der Waals surface area contributed by atoms with E-state index in [1.807, 2.05) is 18.2 Å². The number of nitrogens with one attached hydrogen (secondary N) is 2. The second-order valence-corrected chi connectivity index (χ2v) is 6.85. The lowest BCUT2D eigenvalue weighted by Crippen LogP contribution is -2.43. The van der Waals surface area contributed by atoms with Crippen LogP contribution in [0.4, 0.5) is 0 Å². The van der Waals surface area contributed by atoms with E-state index in [1.165, 1.54) is 25.9 Å².